The highest BCUT2D eigenvalue weighted by molar-refractivity contribution is 6.31. The SMILES string of the molecule is Cc1ccc(NC(=O)COC(=O)C2=COCCO2)cc1Cl. The van der Waals surface area contributed by atoms with Crippen molar-refractivity contribution in [1.29, 1.82) is 0 Å². The van der Waals surface area contributed by atoms with Crippen molar-refractivity contribution in [3.63, 3.8) is 0 Å². The van der Waals surface area contributed by atoms with Crippen LogP contribution >= 0.6 is 11.6 Å². The van der Waals surface area contributed by atoms with Crippen molar-refractivity contribution < 1.29 is 23.8 Å². The molecule has 0 fully saturated rings. The van der Waals surface area contributed by atoms with E-state index in [1.54, 1.807) is 18.2 Å². The topological polar surface area (TPSA) is 73.9 Å². The van der Waals surface area contributed by atoms with Crippen molar-refractivity contribution in [3.8, 4) is 0 Å². The number of ether oxygens (including phenoxy) is 3. The molecule has 7 heteroatoms. The standard InChI is InChI=1S/C14H14ClNO5/c1-9-2-3-10(6-11(9)15)16-13(17)8-21-14(18)12-7-19-4-5-20-12/h2-3,6-7H,4-5,8H2,1H3,(H,16,17). The van der Waals surface area contributed by atoms with Crippen LogP contribution in [-0.2, 0) is 23.8 Å². The molecule has 1 N–H and O–H groups in total. The first kappa shape index (κ1) is 15.2. The summed E-state index contributed by atoms with van der Waals surface area (Å²) in [5, 5.41) is 3.12. The molecule has 0 unspecified atom stereocenters. The van der Waals surface area contributed by atoms with Crippen LogP contribution in [0.1, 0.15) is 5.56 Å². The summed E-state index contributed by atoms with van der Waals surface area (Å²) in [5.74, 6) is -1.26. The normalized spacial score (nSPS) is 13.5. The Morgan fingerprint density at radius 2 is 2.19 bits per heavy atom. The zero-order valence-electron chi connectivity index (χ0n) is 11.3. The van der Waals surface area contributed by atoms with Crippen LogP contribution in [-0.4, -0.2) is 31.7 Å². The molecule has 6 nitrogen and oxygen atoms in total. The Bertz CT molecular complexity index is 585. The Labute approximate surface area is 126 Å². The van der Waals surface area contributed by atoms with Crippen LogP contribution in [0, 0.1) is 6.92 Å². The Morgan fingerprint density at radius 3 is 2.86 bits per heavy atom. The Kier molecular flexibility index (Phi) is 5.05. The van der Waals surface area contributed by atoms with Gasteiger partial charge in [0.25, 0.3) is 5.91 Å². The van der Waals surface area contributed by atoms with E-state index in [0.717, 1.165) is 5.56 Å². The molecule has 0 radical (unpaired) electrons. The van der Waals surface area contributed by atoms with Crippen LogP contribution in [0.4, 0.5) is 5.69 Å². The van der Waals surface area contributed by atoms with E-state index in [2.05, 4.69) is 5.32 Å². The average molecular weight is 312 g/mol. The van der Waals surface area contributed by atoms with E-state index in [1.165, 1.54) is 6.26 Å². The molecule has 1 amide bonds. The molecule has 1 heterocycles. The number of nitrogens with one attached hydrogen (secondary N) is 1. The number of amides is 1. The van der Waals surface area contributed by atoms with Crippen LogP contribution in [0.2, 0.25) is 5.02 Å². The number of hydrogen-bond donors (Lipinski definition) is 1. The maximum absolute atomic E-state index is 11.7. The van der Waals surface area contributed by atoms with E-state index in [-0.39, 0.29) is 12.4 Å². The van der Waals surface area contributed by atoms with Gasteiger partial charge in [-0.3, -0.25) is 4.79 Å². The molecule has 0 atom stereocenters. The molecular formula is C14H14ClNO5. The lowest BCUT2D eigenvalue weighted by Gasteiger charge is -2.14. The van der Waals surface area contributed by atoms with Gasteiger partial charge in [-0.1, -0.05) is 17.7 Å². The number of hydrogen-bond acceptors (Lipinski definition) is 5. The minimum atomic E-state index is -0.744. The van der Waals surface area contributed by atoms with Crippen molar-refractivity contribution in [2.45, 2.75) is 6.92 Å². The molecule has 0 aliphatic carbocycles. The molecule has 0 saturated carbocycles. The molecule has 1 aromatic carbocycles. The maximum atomic E-state index is 11.7. The second-order valence-electron chi connectivity index (χ2n) is 4.29. The lowest BCUT2D eigenvalue weighted by atomic mass is 10.2. The fraction of sp³-hybridized carbons (Fsp3) is 0.286. The molecule has 0 bridgehead atoms. The summed E-state index contributed by atoms with van der Waals surface area (Å²) in [4.78, 5) is 23.2. The molecule has 1 aliphatic heterocycles. The van der Waals surface area contributed by atoms with E-state index < -0.39 is 18.5 Å². The lowest BCUT2D eigenvalue weighted by molar-refractivity contribution is -0.148. The van der Waals surface area contributed by atoms with Gasteiger partial charge in [0, 0.05) is 10.7 Å². The number of aryl methyl sites for hydroxylation is 1. The zero-order valence-corrected chi connectivity index (χ0v) is 12.1. The highest BCUT2D eigenvalue weighted by atomic mass is 35.5. The van der Waals surface area contributed by atoms with Crippen molar-refractivity contribution in [2.24, 2.45) is 0 Å². The number of carbonyl (C=O) groups is 2. The third kappa shape index (κ3) is 4.39. The van der Waals surface area contributed by atoms with E-state index in [9.17, 15) is 9.59 Å². The van der Waals surface area contributed by atoms with Crippen molar-refractivity contribution in [2.75, 3.05) is 25.1 Å². The molecule has 0 saturated heterocycles. The quantitative estimate of drug-likeness (QED) is 0.861. The summed E-state index contributed by atoms with van der Waals surface area (Å²) in [5.41, 5.74) is 1.44. The second-order valence-corrected chi connectivity index (χ2v) is 4.70. The summed E-state index contributed by atoms with van der Waals surface area (Å²) in [6, 6.07) is 5.11. The van der Waals surface area contributed by atoms with Gasteiger partial charge in [0.15, 0.2) is 6.61 Å². The van der Waals surface area contributed by atoms with Gasteiger partial charge in [-0.25, -0.2) is 4.79 Å². The largest absolute Gasteiger partial charge is 0.493 e. The third-order valence-corrected chi connectivity index (χ3v) is 3.05. The molecule has 1 aliphatic rings. The van der Waals surface area contributed by atoms with Crippen LogP contribution in [0.3, 0.4) is 0 Å². The van der Waals surface area contributed by atoms with E-state index in [1.807, 2.05) is 6.92 Å². The monoisotopic (exact) mass is 311 g/mol. The van der Waals surface area contributed by atoms with Gasteiger partial charge < -0.3 is 19.5 Å². The number of esters is 1. The number of halogens is 1. The molecule has 1 aromatic rings. The molecule has 0 spiro atoms. The average Bonchev–Trinajstić information content (AvgIpc) is 2.49. The Morgan fingerprint density at radius 1 is 1.38 bits per heavy atom. The Balaban J connectivity index is 1.83. The van der Waals surface area contributed by atoms with Crippen LogP contribution in [0.15, 0.2) is 30.2 Å². The highest BCUT2D eigenvalue weighted by Crippen LogP contribution is 2.19. The van der Waals surface area contributed by atoms with E-state index in [4.69, 9.17) is 25.8 Å². The van der Waals surface area contributed by atoms with Gasteiger partial charge in [-0.05, 0) is 24.6 Å². The predicted octanol–water partition coefficient (Wildman–Crippen LogP) is 2.02. The number of carbonyl (C=O) groups excluding carboxylic acids is 2. The smallest absolute Gasteiger partial charge is 0.377 e. The third-order valence-electron chi connectivity index (χ3n) is 2.64. The zero-order chi connectivity index (χ0) is 15.2. The van der Waals surface area contributed by atoms with E-state index >= 15 is 0 Å². The fourth-order valence-corrected chi connectivity index (χ4v) is 1.73. The number of anilines is 1. The highest BCUT2D eigenvalue weighted by Gasteiger charge is 2.18. The number of rotatable bonds is 4. The van der Waals surface area contributed by atoms with Crippen LogP contribution in [0.25, 0.3) is 0 Å². The number of benzene rings is 1. The molecular weight excluding hydrogens is 298 g/mol. The first-order chi connectivity index (χ1) is 10.1. The molecule has 21 heavy (non-hydrogen) atoms. The predicted molar refractivity (Wildman–Crippen MR) is 75.8 cm³/mol. The summed E-state index contributed by atoms with van der Waals surface area (Å²) in [6.45, 7) is 2.08. The van der Waals surface area contributed by atoms with Crippen LogP contribution in [0.5, 0.6) is 0 Å². The van der Waals surface area contributed by atoms with Crippen molar-refractivity contribution in [3.05, 3.63) is 40.8 Å². The van der Waals surface area contributed by atoms with Gasteiger partial charge in [0.1, 0.15) is 19.5 Å². The maximum Gasteiger partial charge on any atom is 0.377 e. The molecule has 0 aromatic heterocycles. The first-order valence-corrected chi connectivity index (χ1v) is 6.62. The van der Waals surface area contributed by atoms with Gasteiger partial charge in [0.2, 0.25) is 5.76 Å². The lowest BCUT2D eigenvalue weighted by Crippen LogP contribution is -2.23. The van der Waals surface area contributed by atoms with E-state index in [0.29, 0.717) is 17.3 Å². The fourth-order valence-electron chi connectivity index (χ4n) is 1.55. The first-order valence-electron chi connectivity index (χ1n) is 6.24. The van der Waals surface area contributed by atoms with Gasteiger partial charge in [0.05, 0.1) is 0 Å². The summed E-state index contributed by atoms with van der Waals surface area (Å²) in [7, 11) is 0. The minimum Gasteiger partial charge on any atom is -0.493 e. The van der Waals surface area contributed by atoms with Gasteiger partial charge >= 0.3 is 5.97 Å². The Hall–Kier alpha value is -2.21. The van der Waals surface area contributed by atoms with Crippen LogP contribution < -0.4 is 5.32 Å². The second kappa shape index (κ2) is 6.99. The van der Waals surface area contributed by atoms with Crippen molar-refractivity contribution >= 4 is 29.2 Å². The van der Waals surface area contributed by atoms with Gasteiger partial charge in [-0.15, -0.1) is 0 Å². The molecule has 2 rings (SSSR count). The summed E-state index contributed by atoms with van der Waals surface area (Å²) < 4.78 is 14.8. The van der Waals surface area contributed by atoms with Crippen molar-refractivity contribution in [1.82, 2.24) is 0 Å². The molecule has 112 valence electrons. The summed E-state index contributed by atoms with van der Waals surface area (Å²) in [6.07, 6.45) is 1.17. The van der Waals surface area contributed by atoms with Gasteiger partial charge in [-0.2, -0.15) is 0 Å². The summed E-state index contributed by atoms with van der Waals surface area (Å²) >= 11 is 5.95. The minimum absolute atomic E-state index is 0.0487.